The molecule has 0 saturated carbocycles. The number of rotatable bonds is 3. The molecule has 0 bridgehead atoms. The lowest BCUT2D eigenvalue weighted by atomic mass is 9.92. The minimum atomic E-state index is -0.533. The maximum atomic E-state index is 12.2. The smallest absolute Gasteiger partial charge is 0.250 e. The number of anilines is 1. The first kappa shape index (κ1) is 16.5. The molecule has 0 spiro atoms. The van der Waals surface area contributed by atoms with Crippen molar-refractivity contribution in [2.75, 3.05) is 11.9 Å². The van der Waals surface area contributed by atoms with Gasteiger partial charge in [0.15, 0.2) is 0 Å². The van der Waals surface area contributed by atoms with Crippen molar-refractivity contribution in [1.29, 1.82) is 0 Å². The van der Waals surface area contributed by atoms with Gasteiger partial charge in [0, 0.05) is 12.0 Å². The second-order valence-electron chi connectivity index (χ2n) is 4.98. The molecular formula is C14H20ClN3O2. The third kappa shape index (κ3) is 3.95. The lowest BCUT2D eigenvalue weighted by Crippen LogP contribution is -2.40. The van der Waals surface area contributed by atoms with E-state index in [-0.39, 0.29) is 24.2 Å². The summed E-state index contributed by atoms with van der Waals surface area (Å²) in [5.41, 5.74) is 6.13. The zero-order chi connectivity index (χ0) is 13.8. The van der Waals surface area contributed by atoms with Crippen molar-refractivity contribution < 1.29 is 9.59 Å². The Morgan fingerprint density at radius 1 is 1.35 bits per heavy atom. The van der Waals surface area contributed by atoms with Crippen molar-refractivity contribution in [3.63, 3.8) is 0 Å². The maximum Gasteiger partial charge on any atom is 0.250 e. The molecule has 1 fully saturated rings. The van der Waals surface area contributed by atoms with E-state index in [1.807, 2.05) is 0 Å². The van der Waals surface area contributed by atoms with E-state index in [9.17, 15) is 9.59 Å². The first-order valence-corrected chi connectivity index (χ1v) is 6.51. The Morgan fingerprint density at radius 2 is 2.05 bits per heavy atom. The molecule has 0 aliphatic carbocycles. The molecule has 4 N–H and O–H groups in total. The SMILES string of the molecule is C[C@H]1C[C@@H](C(=O)Nc2ccccc2C(N)=O)CCN1.Cl. The maximum absolute atomic E-state index is 12.2. The van der Waals surface area contributed by atoms with E-state index < -0.39 is 5.91 Å². The van der Waals surface area contributed by atoms with Crippen LogP contribution in [0.2, 0.25) is 0 Å². The molecular weight excluding hydrogens is 278 g/mol. The van der Waals surface area contributed by atoms with E-state index >= 15 is 0 Å². The minimum Gasteiger partial charge on any atom is -0.366 e. The van der Waals surface area contributed by atoms with Gasteiger partial charge in [0.1, 0.15) is 0 Å². The fourth-order valence-corrected chi connectivity index (χ4v) is 2.41. The number of carbonyl (C=O) groups is 2. The van der Waals surface area contributed by atoms with Gasteiger partial charge in [0.25, 0.3) is 5.91 Å². The number of amides is 2. The topological polar surface area (TPSA) is 84.2 Å². The summed E-state index contributed by atoms with van der Waals surface area (Å²) in [4.78, 5) is 23.5. The third-order valence-corrected chi connectivity index (χ3v) is 3.44. The molecule has 1 aromatic carbocycles. The van der Waals surface area contributed by atoms with Gasteiger partial charge in [-0.15, -0.1) is 12.4 Å². The van der Waals surface area contributed by atoms with Crippen LogP contribution in [0.4, 0.5) is 5.69 Å². The summed E-state index contributed by atoms with van der Waals surface area (Å²) in [6.45, 7) is 2.91. The molecule has 0 aromatic heterocycles. The summed E-state index contributed by atoms with van der Waals surface area (Å²) < 4.78 is 0. The number of para-hydroxylation sites is 1. The van der Waals surface area contributed by atoms with Gasteiger partial charge in [-0.1, -0.05) is 12.1 Å². The van der Waals surface area contributed by atoms with Gasteiger partial charge in [-0.3, -0.25) is 9.59 Å². The molecule has 1 aliphatic heterocycles. The summed E-state index contributed by atoms with van der Waals surface area (Å²) in [7, 11) is 0. The van der Waals surface area contributed by atoms with Gasteiger partial charge in [0.2, 0.25) is 5.91 Å². The van der Waals surface area contributed by atoms with Gasteiger partial charge in [-0.05, 0) is 38.4 Å². The van der Waals surface area contributed by atoms with Gasteiger partial charge in [0.05, 0.1) is 11.3 Å². The van der Waals surface area contributed by atoms with E-state index in [0.29, 0.717) is 17.3 Å². The lowest BCUT2D eigenvalue weighted by molar-refractivity contribution is -0.120. The number of hydrogen-bond donors (Lipinski definition) is 3. The van der Waals surface area contributed by atoms with Crippen LogP contribution >= 0.6 is 12.4 Å². The van der Waals surface area contributed by atoms with Gasteiger partial charge in [-0.2, -0.15) is 0 Å². The van der Waals surface area contributed by atoms with Crippen molar-refractivity contribution in [3.8, 4) is 0 Å². The highest BCUT2D eigenvalue weighted by atomic mass is 35.5. The molecule has 1 saturated heterocycles. The second-order valence-corrected chi connectivity index (χ2v) is 4.98. The predicted octanol–water partition coefficient (Wildman–Crippen LogP) is 1.53. The number of nitrogens with two attached hydrogens (primary N) is 1. The fourth-order valence-electron chi connectivity index (χ4n) is 2.41. The summed E-state index contributed by atoms with van der Waals surface area (Å²) in [5.74, 6) is -0.589. The molecule has 110 valence electrons. The Balaban J connectivity index is 0.00000200. The first-order valence-electron chi connectivity index (χ1n) is 6.51. The van der Waals surface area contributed by atoms with Gasteiger partial charge >= 0.3 is 0 Å². The van der Waals surface area contributed by atoms with Gasteiger partial charge in [-0.25, -0.2) is 0 Å². The molecule has 2 rings (SSSR count). The second kappa shape index (κ2) is 7.26. The highest BCUT2D eigenvalue weighted by molar-refractivity contribution is 6.03. The minimum absolute atomic E-state index is 0. The summed E-state index contributed by atoms with van der Waals surface area (Å²) in [5, 5.41) is 6.12. The van der Waals surface area contributed by atoms with Gasteiger partial charge < -0.3 is 16.4 Å². The zero-order valence-corrected chi connectivity index (χ0v) is 12.2. The molecule has 5 nitrogen and oxygen atoms in total. The quantitative estimate of drug-likeness (QED) is 0.791. The van der Waals surface area contributed by atoms with Crippen molar-refractivity contribution in [3.05, 3.63) is 29.8 Å². The number of hydrogen-bond acceptors (Lipinski definition) is 3. The highest BCUT2D eigenvalue weighted by Gasteiger charge is 2.25. The Morgan fingerprint density at radius 3 is 2.70 bits per heavy atom. The van der Waals surface area contributed by atoms with Crippen LogP contribution in [0.3, 0.4) is 0 Å². The number of nitrogens with one attached hydrogen (secondary N) is 2. The van der Waals surface area contributed by atoms with Crippen LogP contribution in [-0.4, -0.2) is 24.4 Å². The molecule has 2 atom stereocenters. The fraction of sp³-hybridized carbons (Fsp3) is 0.429. The van der Waals surface area contributed by atoms with Crippen molar-refractivity contribution in [1.82, 2.24) is 5.32 Å². The number of halogens is 1. The van der Waals surface area contributed by atoms with Crippen LogP contribution < -0.4 is 16.4 Å². The van der Waals surface area contributed by atoms with Crippen LogP contribution in [0.15, 0.2) is 24.3 Å². The van der Waals surface area contributed by atoms with Crippen LogP contribution in [0.5, 0.6) is 0 Å². The van der Waals surface area contributed by atoms with Crippen molar-refractivity contribution >= 4 is 29.9 Å². The molecule has 0 unspecified atom stereocenters. The monoisotopic (exact) mass is 297 g/mol. The molecule has 0 radical (unpaired) electrons. The van der Waals surface area contributed by atoms with Crippen LogP contribution in [-0.2, 0) is 4.79 Å². The molecule has 6 heteroatoms. The van der Waals surface area contributed by atoms with Crippen LogP contribution in [0.1, 0.15) is 30.1 Å². The van der Waals surface area contributed by atoms with Crippen molar-refractivity contribution in [2.24, 2.45) is 11.7 Å². The predicted molar refractivity (Wildman–Crippen MR) is 81.0 cm³/mol. The molecule has 20 heavy (non-hydrogen) atoms. The standard InChI is InChI=1S/C14H19N3O2.ClH/c1-9-8-10(6-7-16-9)14(19)17-12-5-3-2-4-11(12)13(15)18;/h2-5,9-10,16H,6-8H2,1H3,(H2,15,18)(H,17,19);1H/t9-,10-;/m0./s1. The summed E-state index contributed by atoms with van der Waals surface area (Å²) in [6, 6.07) is 7.15. The van der Waals surface area contributed by atoms with E-state index in [1.165, 1.54) is 0 Å². The van der Waals surface area contributed by atoms with Crippen LogP contribution in [0.25, 0.3) is 0 Å². The number of benzene rings is 1. The van der Waals surface area contributed by atoms with E-state index in [2.05, 4.69) is 17.6 Å². The zero-order valence-electron chi connectivity index (χ0n) is 11.4. The molecule has 2 amide bonds. The average molecular weight is 298 g/mol. The number of piperidine rings is 1. The van der Waals surface area contributed by atoms with E-state index in [1.54, 1.807) is 24.3 Å². The average Bonchev–Trinajstić information content (AvgIpc) is 2.39. The normalized spacial score (nSPS) is 21.6. The Kier molecular flexibility index (Phi) is 5.98. The van der Waals surface area contributed by atoms with E-state index in [0.717, 1.165) is 19.4 Å². The van der Waals surface area contributed by atoms with Crippen LogP contribution in [0, 0.1) is 5.92 Å². The van der Waals surface area contributed by atoms with E-state index in [4.69, 9.17) is 5.73 Å². The van der Waals surface area contributed by atoms with Crippen molar-refractivity contribution in [2.45, 2.75) is 25.8 Å². The Hall–Kier alpha value is -1.59. The Labute approximate surface area is 124 Å². The largest absolute Gasteiger partial charge is 0.366 e. The molecule has 1 aliphatic rings. The Bertz CT molecular complexity index is 493. The number of carbonyl (C=O) groups excluding carboxylic acids is 2. The summed E-state index contributed by atoms with van der Waals surface area (Å²) >= 11 is 0. The third-order valence-electron chi connectivity index (χ3n) is 3.44. The number of primary amides is 1. The first-order chi connectivity index (χ1) is 9.08. The highest BCUT2D eigenvalue weighted by Crippen LogP contribution is 2.20. The molecule has 1 aromatic rings. The summed E-state index contributed by atoms with van der Waals surface area (Å²) in [6.07, 6.45) is 1.62. The lowest BCUT2D eigenvalue weighted by Gasteiger charge is -2.27. The molecule has 1 heterocycles.